The molecule has 10 heteroatoms. The minimum atomic E-state index is -1.26. The van der Waals surface area contributed by atoms with Crippen LogP contribution in [0.4, 0.5) is 4.79 Å². The van der Waals surface area contributed by atoms with E-state index < -0.39 is 18.0 Å². The van der Waals surface area contributed by atoms with Crippen molar-refractivity contribution in [3.8, 4) is 0 Å². The highest BCUT2D eigenvalue weighted by Crippen LogP contribution is 2.22. The molecule has 1 saturated heterocycles. The molecular weight excluding hydrogens is 452 g/mol. The predicted molar refractivity (Wildman–Crippen MR) is 128 cm³/mol. The number of carboxylic acids is 2. The molecular formula is C25H26N4O6. The van der Waals surface area contributed by atoms with Gasteiger partial charge in [0.15, 0.2) is 0 Å². The van der Waals surface area contributed by atoms with E-state index in [9.17, 15) is 19.2 Å². The highest BCUT2D eigenvalue weighted by atomic mass is 16.4. The zero-order valence-corrected chi connectivity index (χ0v) is 18.8. The van der Waals surface area contributed by atoms with Crippen LogP contribution in [-0.2, 0) is 33.8 Å². The molecule has 182 valence electrons. The second-order valence-corrected chi connectivity index (χ2v) is 7.86. The third kappa shape index (κ3) is 6.78. The molecule has 4 rings (SSSR count). The Labute approximate surface area is 201 Å². The summed E-state index contributed by atoms with van der Waals surface area (Å²) in [6.07, 6.45) is 4.36. The molecule has 10 nitrogen and oxygen atoms in total. The van der Waals surface area contributed by atoms with Gasteiger partial charge in [-0.05, 0) is 41.8 Å². The van der Waals surface area contributed by atoms with Crippen LogP contribution in [0.5, 0.6) is 0 Å². The molecule has 0 spiro atoms. The van der Waals surface area contributed by atoms with Gasteiger partial charge >= 0.3 is 18.0 Å². The summed E-state index contributed by atoms with van der Waals surface area (Å²) in [4.78, 5) is 48.7. The van der Waals surface area contributed by atoms with Crippen molar-refractivity contribution in [2.45, 2.75) is 25.4 Å². The van der Waals surface area contributed by atoms with Crippen molar-refractivity contribution >= 4 is 34.8 Å². The van der Waals surface area contributed by atoms with Gasteiger partial charge in [0.25, 0.3) is 5.91 Å². The monoisotopic (exact) mass is 478 g/mol. The highest BCUT2D eigenvalue weighted by molar-refractivity contribution is 6.04. The topological polar surface area (TPSA) is 166 Å². The second kappa shape index (κ2) is 11.6. The number of carbonyl (C=O) groups excluding carboxylic acids is 2. The van der Waals surface area contributed by atoms with Crippen molar-refractivity contribution in [1.29, 1.82) is 0 Å². The number of rotatable bonds is 8. The average molecular weight is 479 g/mol. The number of aliphatic carboxylic acids is 2. The maximum Gasteiger partial charge on any atom is 0.328 e. The van der Waals surface area contributed by atoms with Crippen LogP contribution in [0.1, 0.15) is 16.7 Å². The number of fused-ring (bicyclic) bond motifs is 1. The molecule has 1 unspecified atom stereocenters. The van der Waals surface area contributed by atoms with E-state index in [1.54, 1.807) is 0 Å². The lowest BCUT2D eigenvalue weighted by molar-refractivity contribution is -0.134. The van der Waals surface area contributed by atoms with Gasteiger partial charge in [0, 0.05) is 35.7 Å². The lowest BCUT2D eigenvalue weighted by Crippen LogP contribution is -2.32. The standard InChI is InChI=1S/C21H22N4O2.C4H4O4/c22-9-8-16-12-23-18-7-6-15(10-17(16)18)13-25-20(26)19(24-21(25)27)11-14-4-2-1-3-5-14;5-3(6)1-2-4(7)8/h1-7,10,12,19,23H,8-9,11,13,22H2,(H,24,27);1-2H,(H,5,6)(H,7,8)/b;2-1-. The quantitative estimate of drug-likeness (QED) is 0.244. The Morgan fingerprint density at radius 2 is 1.69 bits per heavy atom. The van der Waals surface area contributed by atoms with E-state index in [-0.39, 0.29) is 18.5 Å². The number of aromatic nitrogens is 1. The molecule has 1 aliphatic rings. The number of carbonyl (C=O) groups is 4. The molecule has 35 heavy (non-hydrogen) atoms. The Bertz CT molecular complexity index is 1240. The molecule has 3 aromatic rings. The third-order valence-electron chi connectivity index (χ3n) is 5.34. The number of hydrogen-bond donors (Lipinski definition) is 5. The number of carboxylic acid groups (broad SMARTS) is 2. The molecule has 3 amide bonds. The Kier molecular flexibility index (Phi) is 8.36. The summed E-state index contributed by atoms with van der Waals surface area (Å²) in [5.41, 5.74) is 9.80. The van der Waals surface area contributed by atoms with Gasteiger partial charge in [0.1, 0.15) is 6.04 Å². The molecule has 1 aromatic heterocycles. The van der Waals surface area contributed by atoms with E-state index in [0.717, 1.165) is 34.0 Å². The molecule has 1 fully saturated rings. The average Bonchev–Trinajstić information content (AvgIpc) is 3.34. The van der Waals surface area contributed by atoms with Crippen LogP contribution in [0.15, 0.2) is 66.9 Å². The van der Waals surface area contributed by atoms with E-state index in [1.807, 2.05) is 54.7 Å². The lowest BCUT2D eigenvalue weighted by Gasteiger charge is -2.13. The number of aromatic amines is 1. The van der Waals surface area contributed by atoms with Gasteiger partial charge in [-0.3, -0.25) is 9.69 Å². The SMILES string of the molecule is NCCc1c[nH]c2ccc(CN3C(=O)NC(Cc4ccccc4)C3=O)cc12.O=C(O)/C=C\C(=O)O. The first-order chi connectivity index (χ1) is 16.8. The van der Waals surface area contributed by atoms with Crippen molar-refractivity contribution in [2.75, 3.05) is 6.54 Å². The summed E-state index contributed by atoms with van der Waals surface area (Å²) in [7, 11) is 0. The van der Waals surface area contributed by atoms with Crippen LogP contribution in [0, 0.1) is 0 Å². The van der Waals surface area contributed by atoms with Crippen molar-refractivity contribution < 1.29 is 29.4 Å². The summed E-state index contributed by atoms with van der Waals surface area (Å²) >= 11 is 0. The van der Waals surface area contributed by atoms with E-state index in [1.165, 1.54) is 4.90 Å². The summed E-state index contributed by atoms with van der Waals surface area (Å²) < 4.78 is 0. The molecule has 0 bridgehead atoms. The summed E-state index contributed by atoms with van der Waals surface area (Å²) in [6.45, 7) is 0.838. The van der Waals surface area contributed by atoms with Gasteiger partial charge in [-0.25, -0.2) is 14.4 Å². The number of nitrogens with two attached hydrogens (primary N) is 1. The molecule has 1 aliphatic heterocycles. The fraction of sp³-hybridized carbons (Fsp3) is 0.200. The van der Waals surface area contributed by atoms with Gasteiger partial charge in [-0.15, -0.1) is 0 Å². The maximum absolute atomic E-state index is 12.7. The molecule has 0 saturated carbocycles. The smallest absolute Gasteiger partial charge is 0.328 e. The first-order valence-corrected chi connectivity index (χ1v) is 10.9. The molecule has 0 radical (unpaired) electrons. The van der Waals surface area contributed by atoms with Crippen molar-refractivity contribution in [1.82, 2.24) is 15.2 Å². The summed E-state index contributed by atoms with van der Waals surface area (Å²) in [6, 6.07) is 14.8. The second-order valence-electron chi connectivity index (χ2n) is 7.86. The molecule has 0 aliphatic carbocycles. The number of imide groups is 1. The first kappa shape index (κ1) is 25.2. The van der Waals surface area contributed by atoms with Gasteiger partial charge in [0.05, 0.1) is 6.54 Å². The predicted octanol–water partition coefficient (Wildman–Crippen LogP) is 2.04. The van der Waals surface area contributed by atoms with Gasteiger partial charge < -0.3 is 26.2 Å². The van der Waals surface area contributed by atoms with Crippen LogP contribution < -0.4 is 11.1 Å². The third-order valence-corrected chi connectivity index (χ3v) is 5.34. The van der Waals surface area contributed by atoms with Gasteiger partial charge in [-0.2, -0.15) is 0 Å². The van der Waals surface area contributed by atoms with Gasteiger partial charge in [-0.1, -0.05) is 36.4 Å². The fourth-order valence-electron chi connectivity index (χ4n) is 3.73. The number of nitrogens with zero attached hydrogens (tertiary/aromatic N) is 1. The highest BCUT2D eigenvalue weighted by Gasteiger charge is 2.37. The van der Waals surface area contributed by atoms with E-state index in [2.05, 4.69) is 10.3 Å². The van der Waals surface area contributed by atoms with E-state index in [4.69, 9.17) is 15.9 Å². The Morgan fingerprint density at radius 1 is 1.00 bits per heavy atom. The van der Waals surface area contributed by atoms with Crippen LogP contribution >= 0.6 is 0 Å². The van der Waals surface area contributed by atoms with Gasteiger partial charge in [0.2, 0.25) is 0 Å². The van der Waals surface area contributed by atoms with Crippen molar-refractivity contribution in [3.63, 3.8) is 0 Å². The molecule has 6 N–H and O–H groups in total. The number of benzene rings is 2. The number of nitrogens with one attached hydrogen (secondary N) is 2. The maximum atomic E-state index is 12.7. The molecule has 2 aromatic carbocycles. The Morgan fingerprint density at radius 3 is 2.31 bits per heavy atom. The van der Waals surface area contributed by atoms with Crippen LogP contribution in [0.2, 0.25) is 0 Å². The number of amides is 3. The number of hydrogen-bond acceptors (Lipinski definition) is 5. The number of urea groups is 1. The Hall–Kier alpha value is -4.44. The van der Waals surface area contributed by atoms with Crippen molar-refractivity contribution in [2.24, 2.45) is 5.73 Å². The summed E-state index contributed by atoms with van der Waals surface area (Å²) in [5.74, 6) is -2.69. The zero-order valence-electron chi connectivity index (χ0n) is 18.8. The van der Waals surface area contributed by atoms with E-state index >= 15 is 0 Å². The van der Waals surface area contributed by atoms with Crippen molar-refractivity contribution in [3.05, 3.63) is 83.6 Å². The van der Waals surface area contributed by atoms with Crippen LogP contribution in [0.25, 0.3) is 10.9 Å². The molecule has 2 heterocycles. The molecule has 1 atom stereocenters. The normalized spacial score (nSPS) is 15.2. The zero-order chi connectivity index (χ0) is 25.4. The Balaban J connectivity index is 0.000000371. The fourth-order valence-corrected chi connectivity index (χ4v) is 3.73. The first-order valence-electron chi connectivity index (χ1n) is 10.9. The minimum absolute atomic E-state index is 0.180. The number of H-pyrrole nitrogens is 1. The van der Waals surface area contributed by atoms with Crippen LogP contribution in [-0.4, -0.2) is 56.6 Å². The largest absolute Gasteiger partial charge is 0.478 e. The summed E-state index contributed by atoms with van der Waals surface area (Å²) in [5, 5.41) is 19.5. The lowest BCUT2D eigenvalue weighted by atomic mass is 10.1. The van der Waals surface area contributed by atoms with E-state index in [0.29, 0.717) is 25.1 Å². The van der Waals surface area contributed by atoms with Crippen LogP contribution in [0.3, 0.4) is 0 Å². The minimum Gasteiger partial charge on any atom is -0.478 e.